The molecule has 0 spiro atoms. The Morgan fingerprint density at radius 1 is 1.20 bits per heavy atom. The van der Waals surface area contributed by atoms with Crippen LogP contribution in [-0.4, -0.2) is 37.7 Å². The molecule has 0 aliphatic rings. The number of H-pyrrole nitrogens is 1. The molecule has 0 aliphatic carbocycles. The minimum atomic E-state index is -0.549. The summed E-state index contributed by atoms with van der Waals surface area (Å²) in [7, 11) is 0. The Bertz CT molecular complexity index is 1240. The maximum Gasteiger partial charge on any atom is 0.270 e. The lowest BCUT2D eigenvalue weighted by Crippen LogP contribution is -2.32. The van der Waals surface area contributed by atoms with Crippen molar-refractivity contribution in [2.24, 2.45) is 5.92 Å². The second kappa shape index (κ2) is 11.5. The maximum atomic E-state index is 12.7. The number of nitro benzene ring substituents is 1. The number of amides is 2. The van der Waals surface area contributed by atoms with Crippen molar-refractivity contribution >= 4 is 50.9 Å². The minimum absolute atomic E-state index is 0.0462. The third-order valence-corrected chi connectivity index (χ3v) is 6.45. The van der Waals surface area contributed by atoms with Crippen LogP contribution in [0.15, 0.2) is 46.0 Å². The molecular weight excluding hydrogens is 536 g/mol. The number of aryl methyl sites for hydroxylation is 2. The van der Waals surface area contributed by atoms with Gasteiger partial charge in [0.25, 0.3) is 11.6 Å². The molecule has 12 heteroatoms. The van der Waals surface area contributed by atoms with E-state index in [1.807, 2.05) is 39.8 Å². The highest BCUT2D eigenvalue weighted by Gasteiger charge is 2.24. The van der Waals surface area contributed by atoms with E-state index in [1.54, 1.807) is 0 Å². The molecule has 2 aromatic carbocycles. The summed E-state index contributed by atoms with van der Waals surface area (Å²) in [6.45, 7) is 7.67. The van der Waals surface area contributed by atoms with Gasteiger partial charge in [-0.05, 0) is 49.1 Å². The SMILES string of the molecule is Cc1cc(Br)cc(C)c1NC(=O)CSc1n[nH]c([C@@H](NC(=O)c2cccc([N+](=O)[O-])c2)C(C)C)n1. The van der Waals surface area contributed by atoms with E-state index >= 15 is 0 Å². The number of carbonyl (C=O) groups is 2. The van der Waals surface area contributed by atoms with Gasteiger partial charge >= 0.3 is 0 Å². The van der Waals surface area contributed by atoms with Crippen LogP contribution in [0.1, 0.15) is 47.2 Å². The Kier molecular flexibility index (Phi) is 8.62. The number of nitro groups is 1. The van der Waals surface area contributed by atoms with Crippen LogP contribution in [0.3, 0.4) is 0 Å². The highest BCUT2D eigenvalue weighted by Crippen LogP contribution is 2.26. The number of hydrogen-bond donors (Lipinski definition) is 3. The van der Waals surface area contributed by atoms with E-state index in [2.05, 4.69) is 41.7 Å². The molecule has 1 aromatic heterocycles. The van der Waals surface area contributed by atoms with E-state index in [1.165, 1.54) is 36.0 Å². The number of non-ortho nitro benzene ring substituents is 1. The predicted molar refractivity (Wildman–Crippen MR) is 137 cm³/mol. The molecule has 3 rings (SSSR count). The summed E-state index contributed by atoms with van der Waals surface area (Å²) in [5.74, 6) is -0.151. The molecule has 1 heterocycles. The summed E-state index contributed by atoms with van der Waals surface area (Å²) in [5, 5.41) is 24.2. The van der Waals surface area contributed by atoms with Crippen LogP contribution in [0, 0.1) is 29.9 Å². The van der Waals surface area contributed by atoms with E-state index in [0.717, 1.165) is 21.3 Å². The number of anilines is 1. The Morgan fingerprint density at radius 3 is 2.51 bits per heavy atom. The molecule has 2 amide bonds. The fourth-order valence-electron chi connectivity index (χ4n) is 3.41. The first kappa shape index (κ1) is 26.4. The summed E-state index contributed by atoms with van der Waals surface area (Å²) in [6.07, 6.45) is 0. The number of carbonyl (C=O) groups excluding carboxylic acids is 2. The number of nitrogens with one attached hydrogen (secondary N) is 3. The standard InChI is InChI=1S/C23H25BrN6O4S/c1-12(2)19(26-22(32)15-6-5-7-17(10-15)30(33)34)21-27-23(29-28-21)35-11-18(31)25-20-13(3)8-16(24)9-14(20)4/h5-10,12,19H,11H2,1-4H3,(H,25,31)(H,26,32)(H,27,28,29)/t19-/m0/s1. The number of benzene rings is 2. The quantitative estimate of drug-likeness (QED) is 0.191. The smallest absolute Gasteiger partial charge is 0.270 e. The molecule has 0 aliphatic heterocycles. The molecule has 35 heavy (non-hydrogen) atoms. The molecule has 1 atom stereocenters. The monoisotopic (exact) mass is 560 g/mol. The Labute approximate surface area is 215 Å². The average molecular weight is 561 g/mol. The molecule has 0 bridgehead atoms. The zero-order valence-corrected chi connectivity index (χ0v) is 22.0. The summed E-state index contributed by atoms with van der Waals surface area (Å²) >= 11 is 4.62. The molecule has 0 fully saturated rings. The van der Waals surface area contributed by atoms with Crippen molar-refractivity contribution in [2.45, 2.75) is 38.9 Å². The fraction of sp³-hybridized carbons (Fsp3) is 0.304. The van der Waals surface area contributed by atoms with Crippen molar-refractivity contribution in [1.82, 2.24) is 20.5 Å². The van der Waals surface area contributed by atoms with E-state index in [0.29, 0.717) is 11.0 Å². The van der Waals surface area contributed by atoms with Crippen LogP contribution >= 0.6 is 27.7 Å². The molecular formula is C23H25BrN6O4S. The van der Waals surface area contributed by atoms with Gasteiger partial charge in [0.1, 0.15) is 5.82 Å². The number of halogens is 1. The molecule has 184 valence electrons. The van der Waals surface area contributed by atoms with Gasteiger partial charge in [-0.3, -0.25) is 24.8 Å². The van der Waals surface area contributed by atoms with Crippen molar-refractivity contribution in [1.29, 1.82) is 0 Å². The third kappa shape index (κ3) is 6.89. The lowest BCUT2D eigenvalue weighted by atomic mass is 10.0. The normalized spacial score (nSPS) is 11.8. The average Bonchev–Trinajstić information content (AvgIpc) is 3.26. The lowest BCUT2D eigenvalue weighted by molar-refractivity contribution is -0.384. The lowest BCUT2D eigenvalue weighted by Gasteiger charge is -2.19. The van der Waals surface area contributed by atoms with Crippen molar-refractivity contribution in [2.75, 3.05) is 11.1 Å². The van der Waals surface area contributed by atoms with Gasteiger partial charge in [0.2, 0.25) is 11.1 Å². The topological polar surface area (TPSA) is 143 Å². The number of thioether (sulfide) groups is 1. The van der Waals surface area contributed by atoms with Gasteiger partial charge < -0.3 is 10.6 Å². The van der Waals surface area contributed by atoms with Crippen molar-refractivity contribution in [3.8, 4) is 0 Å². The van der Waals surface area contributed by atoms with Gasteiger partial charge in [0, 0.05) is 27.9 Å². The first-order valence-corrected chi connectivity index (χ1v) is 12.5. The number of nitrogens with zero attached hydrogens (tertiary/aromatic N) is 3. The van der Waals surface area contributed by atoms with Crippen molar-refractivity contribution in [3.05, 3.63) is 73.5 Å². The highest BCUT2D eigenvalue weighted by molar-refractivity contribution is 9.10. The molecule has 0 saturated heterocycles. The summed E-state index contributed by atoms with van der Waals surface area (Å²) in [6, 6.07) is 8.88. The highest BCUT2D eigenvalue weighted by atomic mass is 79.9. The second-order valence-electron chi connectivity index (χ2n) is 8.26. The third-order valence-electron chi connectivity index (χ3n) is 5.14. The van der Waals surface area contributed by atoms with Gasteiger partial charge in [-0.1, -0.05) is 47.6 Å². The van der Waals surface area contributed by atoms with Crippen LogP contribution in [0.5, 0.6) is 0 Å². The Balaban J connectivity index is 1.64. The molecule has 10 nitrogen and oxygen atoms in total. The molecule has 3 aromatic rings. The van der Waals surface area contributed by atoms with Crippen molar-refractivity contribution < 1.29 is 14.5 Å². The van der Waals surface area contributed by atoms with Crippen LogP contribution < -0.4 is 10.6 Å². The van der Waals surface area contributed by atoms with Gasteiger partial charge in [-0.25, -0.2) is 4.98 Å². The van der Waals surface area contributed by atoms with Crippen LogP contribution in [0.4, 0.5) is 11.4 Å². The molecule has 3 N–H and O–H groups in total. The molecule has 0 unspecified atom stereocenters. The zero-order valence-electron chi connectivity index (χ0n) is 19.6. The van der Waals surface area contributed by atoms with Gasteiger partial charge in [-0.15, -0.1) is 5.10 Å². The van der Waals surface area contributed by atoms with Gasteiger partial charge in [-0.2, -0.15) is 0 Å². The number of rotatable bonds is 9. The maximum absolute atomic E-state index is 12.7. The van der Waals surface area contributed by atoms with E-state index in [-0.39, 0.29) is 28.8 Å². The first-order chi connectivity index (χ1) is 16.5. The van der Waals surface area contributed by atoms with Gasteiger partial charge in [0.05, 0.1) is 16.7 Å². The fourth-order valence-corrected chi connectivity index (χ4v) is 4.70. The van der Waals surface area contributed by atoms with E-state index in [9.17, 15) is 19.7 Å². The Morgan fingerprint density at radius 2 is 1.89 bits per heavy atom. The van der Waals surface area contributed by atoms with Crippen molar-refractivity contribution in [3.63, 3.8) is 0 Å². The number of hydrogen-bond acceptors (Lipinski definition) is 7. The minimum Gasteiger partial charge on any atom is -0.342 e. The van der Waals surface area contributed by atoms with Crippen LogP contribution in [-0.2, 0) is 4.79 Å². The summed E-state index contributed by atoms with van der Waals surface area (Å²) in [5.41, 5.74) is 2.70. The Hall–Kier alpha value is -3.25. The summed E-state index contributed by atoms with van der Waals surface area (Å²) in [4.78, 5) is 40.1. The van der Waals surface area contributed by atoms with E-state index in [4.69, 9.17) is 0 Å². The number of aromatic nitrogens is 3. The number of aromatic amines is 1. The van der Waals surface area contributed by atoms with Crippen LogP contribution in [0.25, 0.3) is 0 Å². The second-order valence-corrected chi connectivity index (χ2v) is 10.1. The molecule has 0 radical (unpaired) electrons. The largest absolute Gasteiger partial charge is 0.342 e. The van der Waals surface area contributed by atoms with E-state index < -0.39 is 16.9 Å². The molecule has 0 saturated carbocycles. The van der Waals surface area contributed by atoms with Gasteiger partial charge in [0.15, 0.2) is 0 Å². The van der Waals surface area contributed by atoms with Crippen LogP contribution in [0.2, 0.25) is 0 Å². The first-order valence-electron chi connectivity index (χ1n) is 10.7. The zero-order chi connectivity index (χ0) is 25.7. The predicted octanol–water partition coefficient (Wildman–Crippen LogP) is 4.95. The summed E-state index contributed by atoms with van der Waals surface area (Å²) < 4.78 is 0.949.